The molecule has 1 aliphatic heterocycles. The minimum Gasteiger partial charge on any atom is -0.340 e. The highest BCUT2D eigenvalue weighted by Crippen LogP contribution is 2.15. The first-order valence-electron chi connectivity index (χ1n) is 9.99. The molecule has 0 spiro atoms. The van der Waals surface area contributed by atoms with E-state index in [1.165, 1.54) is 11.9 Å². The predicted molar refractivity (Wildman–Crippen MR) is 112 cm³/mol. The number of fused-ring (bicyclic) bond motifs is 1. The van der Waals surface area contributed by atoms with E-state index >= 15 is 0 Å². The van der Waals surface area contributed by atoms with Crippen LogP contribution in [0.25, 0.3) is 11.9 Å². The van der Waals surface area contributed by atoms with Gasteiger partial charge in [0.25, 0.3) is 5.78 Å². The summed E-state index contributed by atoms with van der Waals surface area (Å²) in [6.45, 7) is 8.11. The summed E-state index contributed by atoms with van der Waals surface area (Å²) in [7, 11) is 0. The molecule has 7 heteroatoms. The lowest BCUT2D eigenvalue weighted by molar-refractivity contribution is -0.132. The quantitative estimate of drug-likeness (QED) is 0.668. The predicted octanol–water partition coefficient (Wildman–Crippen LogP) is 2.14. The molecule has 0 unspecified atom stereocenters. The largest absolute Gasteiger partial charge is 0.340 e. The Labute approximate surface area is 170 Å². The van der Waals surface area contributed by atoms with Crippen molar-refractivity contribution in [1.82, 2.24) is 29.4 Å². The van der Waals surface area contributed by atoms with Crippen molar-refractivity contribution >= 4 is 17.8 Å². The van der Waals surface area contributed by atoms with Gasteiger partial charge in [0.1, 0.15) is 6.33 Å². The SMILES string of the molecule is Cc1nc2ncnn2c(C)c1CC(=O)N1CCN(C/C=C/c2ccccc2)CC1. The van der Waals surface area contributed by atoms with Gasteiger partial charge in [0, 0.05) is 49.7 Å². The molecule has 29 heavy (non-hydrogen) atoms. The standard InChI is InChI=1S/C22H26N6O/c1-17-20(18(2)28-22(25-17)23-16-24-28)15-21(29)27-13-11-26(12-14-27)10-6-9-19-7-4-3-5-8-19/h3-9,16H,10-15H2,1-2H3/b9-6+. The number of carbonyl (C=O) groups is 1. The van der Waals surface area contributed by atoms with Crippen LogP contribution in [-0.2, 0) is 11.2 Å². The molecule has 150 valence electrons. The molecule has 0 aliphatic carbocycles. The molecule has 1 fully saturated rings. The number of rotatable bonds is 5. The molecule has 1 amide bonds. The molecule has 4 rings (SSSR count). The van der Waals surface area contributed by atoms with Gasteiger partial charge in [-0.15, -0.1) is 0 Å². The number of aryl methyl sites for hydroxylation is 2. The molecular weight excluding hydrogens is 364 g/mol. The zero-order chi connectivity index (χ0) is 20.2. The van der Waals surface area contributed by atoms with Gasteiger partial charge < -0.3 is 4.90 Å². The summed E-state index contributed by atoms with van der Waals surface area (Å²) in [6.07, 6.45) is 6.19. The number of carbonyl (C=O) groups excluding carboxylic acids is 1. The van der Waals surface area contributed by atoms with Crippen molar-refractivity contribution in [2.75, 3.05) is 32.7 Å². The van der Waals surface area contributed by atoms with Gasteiger partial charge in [-0.2, -0.15) is 10.1 Å². The Bertz CT molecular complexity index is 1020. The zero-order valence-electron chi connectivity index (χ0n) is 17.0. The third-order valence-electron chi connectivity index (χ3n) is 5.52. The average molecular weight is 390 g/mol. The van der Waals surface area contributed by atoms with Crippen molar-refractivity contribution in [1.29, 1.82) is 0 Å². The van der Waals surface area contributed by atoms with Crippen LogP contribution in [-0.4, -0.2) is 68.0 Å². The van der Waals surface area contributed by atoms with Crippen molar-refractivity contribution in [3.05, 3.63) is 65.2 Å². The lowest BCUT2D eigenvalue weighted by Gasteiger charge is -2.34. The smallest absolute Gasteiger partial charge is 0.252 e. The Morgan fingerprint density at radius 1 is 1.10 bits per heavy atom. The first-order valence-corrected chi connectivity index (χ1v) is 9.99. The van der Waals surface area contributed by atoms with Crippen molar-refractivity contribution in [2.24, 2.45) is 0 Å². The Morgan fingerprint density at radius 3 is 2.62 bits per heavy atom. The topological polar surface area (TPSA) is 66.6 Å². The van der Waals surface area contributed by atoms with Crippen LogP contribution in [0.15, 0.2) is 42.7 Å². The fourth-order valence-electron chi connectivity index (χ4n) is 3.76. The number of amides is 1. The minimum atomic E-state index is 0.150. The van der Waals surface area contributed by atoms with E-state index in [1.807, 2.05) is 36.9 Å². The van der Waals surface area contributed by atoms with Crippen LogP contribution in [0.4, 0.5) is 0 Å². The highest BCUT2D eigenvalue weighted by Gasteiger charge is 2.22. The van der Waals surface area contributed by atoms with Crippen molar-refractivity contribution in [3.8, 4) is 0 Å². The van der Waals surface area contributed by atoms with E-state index in [0.717, 1.165) is 49.7 Å². The summed E-state index contributed by atoms with van der Waals surface area (Å²) in [5.74, 6) is 0.727. The summed E-state index contributed by atoms with van der Waals surface area (Å²) in [5.41, 5.74) is 3.94. The zero-order valence-corrected chi connectivity index (χ0v) is 17.0. The van der Waals surface area contributed by atoms with Crippen molar-refractivity contribution < 1.29 is 4.79 Å². The van der Waals surface area contributed by atoms with E-state index in [2.05, 4.69) is 44.3 Å². The molecule has 2 aromatic heterocycles. The fraction of sp³-hybridized carbons (Fsp3) is 0.364. The third kappa shape index (κ3) is 4.35. The monoisotopic (exact) mass is 390 g/mol. The van der Waals surface area contributed by atoms with E-state index in [0.29, 0.717) is 12.2 Å². The van der Waals surface area contributed by atoms with Crippen LogP contribution in [0.1, 0.15) is 22.5 Å². The highest BCUT2D eigenvalue weighted by molar-refractivity contribution is 5.79. The summed E-state index contributed by atoms with van der Waals surface area (Å²) in [6, 6.07) is 10.3. The second kappa shape index (κ2) is 8.53. The van der Waals surface area contributed by atoms with E-state index in [-0.39, 0.29) is 5.91 Å². The van der Waals surface area contributed by atoms with Gasteiger partial charge in [0.05, 0.1) is 6.42 Å². The number of piperazine rings is 1. The van der Waals surface area contributed by atoms with Crippen molar-refractivity contribution in [3.63, 3.8) is 0 Å². The maximum Gasteiger partial charge on any atom is 0.252 e. The van der Waals surface area contributed by atoms with Gasteiger partial charge in [-0.25, -0.2) is 9.50 Å². The second-order valence-electron chi connectivity index (χ2n) is 7.40. The third-order valence-corrected chi connectivity index (χ3v) is 5.52. The molecular formula is C22H26N6O. The normalized spacial score (nSPS) is 15.4. The first-order chi connectivity index (χ1) is 14.1. The molecule has 1 saturated heterocycles. The van der Waals surface area contributed by atoms with Gasteiger partial charge >= 0.3 is 0 Å². The fourth-order valence-corrected chi connectivity index (χ4v) is 3.76. The molecule has 0 atom stereocenters. The summed E-state index contributed by atoms with van der Waals surface area (Å²) in [4.78, 5) is 25.8. The van der Waals surface area contributed by atoms with Crippen LogP contribution in [0.2, 0.25) is 0 Å². The summed E-state index contributed by atoms with van der Waals surface area (Å²) < 4.78 is 1.70. The van der Waals surface area contributed by atoms with Crippen LogP contribution in [0.5, 0.6) is 0 Å². The first kappa shape index (κ1) is 19.3. The van der Waals surface area contributed by atoms with E-state index < -0.39 is 0 Å². The van der Waals surface area contributed by atoms with Gasteiger partial charge in [0.15, 0.2) is 0 Å². The molecule has 1 aromatic carbocycles. The van der Waals surface area contributed by atoms with Crippen LogP contribution in [0.3, 0.4) is 0 Å². The number of hydrogen-bond donors (Lipinski definition) is 0. The Hall–Kier alpha value is -3.06. The summed E-state index contributed by atoms with van der Waals surface area (Å²) >= 11 is 0. The second-order valence-corrected chi connectivity index (χ2v) is 7.40. The molecule has 3 heterocycles. The number of aromatic nitrogens is 4. The van der Waals surface area contributed by atoms with Crippen LogP contribution < -0.4 is 0 Å². The number of benzene rings is 1. The average Bonchev–Trinajstić information content (AvgIpc) is 3.21. The Balaban J connectivity index is 1.32. The molecule has 0 saturated carbocycles. The molecule has 1 aliphatic rings. The molecule has 0 bridgehead atoms. The van der Waals surface area contributed by atoms with Gasteiger partial charge in [-0.1, -0.05) is 42.5 Å². The minimum absolute atomic E-state index is 0.150. The maximum atomic E-state index is 12.9. The van der Waals surface area contributed by atoms with Crippen molar-refractivity contribution in [2.45, 2.75) is 20.3 Å². The summed E-state index contributed by atoms with van der Waals surface area (Å²) in [5, 5.41) is 4.21. The lowest BCUT2D eigenvalue weighted by Crippen LogP contribution is -2.49. The van der Waals surface area contributed by atoms with E-state index in [1.54, 1.807) is 4.52 Å². The van der Waals surface area contributed by atoms with Gasteiger partial charge in [0.2, 0.25) is 5.91 Å². The Kier molecular flexibility index (Phi) is 5.67. The maximum absolute atomic E-state index is 12.9. The molecule has 0 N–H and O–H groups in total. The Morgan fingerprint density at radius 2 is 1.86 bits per heavy atom. The van der Waals surface area contributed by atoms with Crippen LogP contribution in [0, 0.1) is 13.8 Å². The number of hydrogen-bond acceptors (Lipinski definition) is 5. The van der Waals surface area contributed by atoms with Gasteiger partial charge in [-0.05, 0) is 19.4 Å². The molecule has 7 nitrogen and oxygen atoms in total. The van der Waals surface area contributed by atoms with Gasteiger partial charge in [-0.3, -0.25) is 9.69 Å². The number of nitrogens with zero attached hydrogens (tertiary/aromatic N) is 6. The lowest BCUT2D eigenvalue weighted by atomic mass is 10.1. The van der Waals surface area contributed by atoms with Crippen LogP contribution >= 0.6 is 0 Å². The van der Waals surface area contributed by atoms with E-state index in [4.69, 9.17) is 0 Å². The molecule has 3 aromatic rings. The molecule has 0 radical (unpaired) electrons. The van der Waals surface area contributed by atoms with E-state index in [9.17, 15) is 4.79 Å². The highest BCUT2D eigenvalue weighted by atomic mass is 16.2.